The van der Waals surface area contributed by atoms with Gasteiger partial charge in [0.15, 0.2) is 0 Å². The van der Waals surface area contributed by atoms with Crippen LogP contribution in [0.2, 0.25) is 0 Å². The summed E-state index contributed by atoms with van der Waals surface area (Å²) in [5, 5.41) is 0. The fourth-order valence-corrected chi connectivity index (χ4v) is 0. The van der Waals surface area contributed by atoms with E-state index in [2.05, 4.69) is 18.8 Å². The molecule has 0 aliphatic carbocycles. The molecule has 3 nitrogen and oxygen atoms in total. The van der Waals surface area contributed by atoms with Crippen LogP contribution in [-0.2, 0) is 65.4 Å². The summed E-state index contributed by atoms with van der Waals surface area (Å²) in [7, 11) is 3.00. The number of nitrogens with one attached hydrogen (secondary N) is 2. The molecule has 0 amide bonds. The summed E-state index contributed by atoms with van der Waals surface area (Å²) in [6.07, 6.45) is 0. The molecular formula is C4H11N3Y2-4. The molecule has 0 spiro atoms. The maximum atomic E-state index is 5.88. The Bertz CT molecular complexity index is 27.8. The number of aliphatic imine (C=N–C) groups is 1. The van der Waals surface area contributed by atoms with Crippen LogP contribution >= 0.6 is 0 Å². The average molecular weight is 279 g/mol. The van der Waals surface area contributed by atoms with Crippen molar-refractivity contribution in [3.05, 3.63) is 25.9 Å². The van der Waals surface area contributed by atoms with E-state index < -0.39 is 0 Å². The summed E-state index contributed by atoms with van der Waals surface area (Å²) < 4.78 is 0. The van der Waals surface area contributed by atoms with Crippen LogP contribution in [-0.4, -0.2) is 13.4 Å². The molecule has 52 valence electrons. The number of rotatable bonds is 0. The molecule has 0 saturated heterocycles. The Balaban J connectivity index is -0.00000000889. The van der Waals surface area contributed by atoms with Gasteiger partial charge in [-0.05, 0) is 0 Å². The van der Waals surface area contributed by atoms with Crippen molar-refractivity contribution in [2.75, 3.05) is 6.67 Å². The molecule has 2 radical (unpaired) electrons. The second-order valence-electron chi connectivity index (χ2n) is 0.400. The van der Waals surface area contributed by atoms with Crippen LogP contribution in [0, 0.1) is 14.5 Å². The van der Waals surface area contributed by atoms with Gasteiger partial charge in [0.1, 0.15) is 0 Å². The molecular weight excluding hydrogens is 268 g/mol. The van der Waals surface area contributed by atoms with Gasteiger partial charge < -0.3 is 23.9 Å². The summed E-state index contributed by atoms with van der Waals surface area (Å²) in [4.78, 5) is 3.00. The fraction of sp³-hybridized carbons (Fsp3) is 0.250. The predicted molar refractivity (Wildman–Crippen MR) is 34.8 cm³/mol. The second-order valence-corrected chi connectivity index (χ2v) is 0.400. The topological polar surface area (TPSA) is 60.0 Å². The molecule has 0 atom stereocenters. The predicted octanol–water partition coefficient (Wildman–Crippen LogP) is 1.97. The molecule has 5 heteroatoms. The van der Waals surface area contributed by atoms with E-state index in [1.54, 1.807) is 0 Å². The average Bonchev–Trinajstić information content (AvgIpc) is 1.39. The van der Waals surface area contributed by atoms with Crippen LogP contribution in [0.15, 0.2) is 4.99 Å². The minimum absolute atomic E-state index is 0. The van der Waals surface area contributed by atoms with Crippen molar-refractivity contribution < 1.29 is 65.4 Å². The third kappa shape index (κ3) is 204. The minimum Gasteiger partial charge on any atom is -0.696 e. The van der Waals surface area contributed by atoms with Crippen LogP contribution in [0.4, 0.5) is 0 Å². The second kappa shape index (κ2) is 54.0. The monoisotopic (exact) mass is 279 g/mol. The molecule has 0 aromatic heterocycles. The first-order valence-electron chi connectivity index (χ1n) is 1.34. The van der Waals surface area contributed by atoms with E-state index in [-0.39, 0.29) is 79.5 Å². The zero-order valence-electron chi connectivity index (χ0n) is 5.72. The van der Waals surface area contributed by atoms with Gasteiger partial charge in [-0.3, -0.25) is 6.67 Å². The molecule has 0 unspecified atom stereocenters. The maximum absolute atomic E-state index is 5.88. The third-order valence-electron chi connectivity index (χ3n) is 0. The van der Waals surface area contributed by atoms with Gasteiger partial charge in [0.2, 0.25) is 0 Å². The van der Waals surface area contributed by atoms with E-state index >= 15 is 0 Å². The quantitative estimate of drug-likeness (QED) is 0.481. The van der Waals surface area contributed by atoms with Gasteiger partial charge in [-0.15, -0.1) is 0 Å². The van der Waals surface area contributed by atoms with Crippen LogP contribution in [0.3, 0.4) is 0 Å². The zero-order chi connectivity index (χ0) is 5.41. The maximum Gasteiger partial charge on any atom is 0 e. The Kier molecular flexibility index (Phi) is 186. The van der Waals surface area contributed by atoms with E-state index in [4.69, 9.17) is 11.5 Å². The number of hydrogen-bond donors (Lipinski definition) is 0. The molecule has 0 rings (SSSR count). The van der Waals surface area contributed by atoms with E-state index in [1.807, 2.05) is 0 Å². The van der Waals surface area contributed by atoms with Crippen molar-refractivity contribution in [3.8, 4) is 0 Å². The summed E-state index contributed by atoms with van der Waals surface area (Å²) in [6.45, 7) is 2.75. The first-order chi connectivity index (χ1) is 2.83. The Morgan fingerprint density at radius 1 is 1.33 bits per heavy atom. The molecule has 0 saturated carbocycles. The van der Waals surface area contributed by atoms with Crippen LogP contribution in [0.5, 0.6) is 0 Å². The summed E-state index contributed by atoms with van der Waals surface area (Å²) in [6, 6.07) is 0. The SMILES string of the molecule is C=N[CH2-].[CH3-].[NH-]C[NH-].[Y].[Y]. The smallest absolute Gasteiger partial charge is 0 e. The van der Waals surface area contributed by atoms with Crippen LogP contribution in [0.1, 0.15) is 0 Å². The molecule has 0 heterocycles. The summed E-state index contributed by atoms with van der Waals surface area (Å²) in [5.41, 5.74) is 11.8. The first-order valence-corrected chi connectivity index (χ1v) is 1.34. The summed E-state index contributed by atoms with van der Waals surface area (Å²) >= 11 is 0. The van der Waals surface area contributed by atoms with E-state index in [9.17, 15) is 0 Å². The largest absolute Gasteiger partial charge is 0.696 e. The van der Waals surface area contributed by atoms with Gasteiger partial charge >= 0.3 is 0 Å². The number of hydrogen-bond acceptors (Lipinski definition) is 1. The van der Waals surface area contributed by atoms with Crippen molar-refractivity contribution in [1.82, 2.24) is 0 Å². The van der Waals surface area contributed by atoms with Crippen molar-refractivity contribution in [1.29, 1.82) is 0 Å². The molecule has 0 aromatic rings. The first kappa shape index (κ1) is 31.0. The Labute approximate surface area is 108 Å². The third-order valence-corrected chi connectivity index (χ3v) is 0. The fourth-order valence-electron chi connectivity index (χ4n) is 0. The molecule has 0 fully saturated rings. The molecule has 0 bridgehead atoms. The van der Waals surface area contributed by atoms with E-state index in [0.29, 0.717) is 0 Å². The van der Waals surface area contributed by atoms with E-state index in [1.165, 1.54) is 0 Å². The standard InChI is InChI=1S/C2H4N.CH4N2.CH3.2Y/c1-3-2;2-1-3;;;/h1-2H2;2-3H,1H2;1H3;;/q-1;-2;-1;;. The molecule has 9 heavy (non-hydrogen) atoms. The van der Waals surface area contributed by atoms with Crippen LogP contribution < -0.4 is 0 Å². The Hall–Kier alpha value is 1.67. The van der Waals surface area contributed by atoms with Crippen molar-refractivity contribution in [2.45, 2.75) is 0 Å². The molecule has 0 aliphatic rings. The van der Waals surface area contributed by atoms with Crippen LogP contribution in [0.25, 0.3) is 11.5 Å². The summed E-state index contributed by atoms with van der Waals surface area (Å²) in [5.74, 6) is 0. The van der Waals surface area contributed by atoms with Gasteiger partial charge in [-0.2, -0.15) is 13.8 Å². The normalized spacial score (nSPS) is 3.33. The molecule has 0 aliphatic heterocycles. The Morgan fingerprint density at radius 3 is 1.33 bits per heavy atom. The van der Waals surface area contributed by atoms with Gasteiger partial charge in [-0.25, -0.2) is 0 Å². The zero-order valence-corrected chi connectivity index (χ0v) is 11.4. The van der Waals surface area contributed by atoms with Gasteiger partial charge in [0, 0.05) is 65.4 Å². The van der Waals surface area contributed by atoms with E-state index in [0.717, 1.165) is 0 Å². The number of nitrogens with zero attached hydrogens (tertiary/aromatic N) is 1. The van der Waals surface area contributed by atoms with Crippen molar-refractivity contribution >= 4 is 6.72 Å². The molecule has 2 N–H and O–H groups in total. The van der Waals surface area contributed by atoms with Crippen molar-refractivity contribution in [3.63, 3.8) is 0 Å². The van der Waals surface area contributed by atoms with Gasteiger partial charge in [0.25, 0.3) is 0 Å². The van der Waals surface area contributed by atoms with Gasteiger partial charge in [0.05, 0.1) is 0 Å². The molecule has 0 aromatic carbocycles. The van der Waals surface area contributed by atoms with Crippen molar-refractivity contribution in [2.24, 2.45) is 4.99 Å². The van der Waals surface area contributed by atoms with Gasteiger partial charge in [-0.1, -0.05) is 0 Å². The minimum atomic E-state index is -0.250. The Morgan fingerprint density at radius 2 is 1.33 bits per heavy atom.